The Morgan fingerprint density at radius 1 is 1.50 bits per heavy atom. The molecule has 0 bridgehead atoms. The van der Waals surface area contributed by atoms with Gasteiger partial charge in [-0.3, -0.25) is 4.79 Å². The Hall–Kier alpha value is -1.07. The van der Waals surface area contributed by atoms with Gasteiger partial charge in [0.2, 0.25) is 5.91 Å². The lowest BCUT2D eigenvalue weighted by molar-refractivity contribution is -0.123. The van der Waals surface area contributed by atoms with Crippen molar-refractivity contribution in [2.24, 2.45) is 5.73 Å². The molecule has 0 fully saturated rings. The van der Waals surface area contributed by atoms with Gasteiger partial charge in [0, 0.05) is 5.56 Å². The number of rotatable bonds is 6. The molecule has 0 spiro atoms. The number of hydrogen-bond acceptors (Lipinski definition) is 3. The molecule has 1 rings (SSSR count). The summed E-state index contributed by atoms with van der Waals surface area (Å²) in [4.78, 5) is 11.8. The van der Waals surface area contributed by atoms with E-state index in [1.165, 1.54) is 6.07 Å². The summed E-state index contributed by atoms with van der Waals surface area (Å²) in [7, 11) is 0. The van der Waals surface area contributed by atoms with E-state index < -0.39 is 6.04 Å². The van der Waals surface area contributed by atoms with Crippen molar-refractivity contribution < 1.29 is 9.18 Å². The molecule has 0 heterocycles. The predicted octanol–water partition coefficient (Wildman–Crippen LogP) is 2.08. The monoisotopic (exact) mass is 270 g/mol. The fourth-order valence-corrected chi connectivity index (χ4v) is 2.09. The molecule has 3 nitrogen and oxygen atoms in total. The lowest BCUT2D eigenvalue weighted by Gasteiger charge is -2.18. The number of thioether (sulfide) groups is 1. The summed E-state index contributed by atoms with van der Waals surface area (Å²) in [5, 5.41) is 2.73. The van der Waals surface area contributed by atoms with Crippen LogP contribution in [0, 0.1) is 5.82 Å². The van der Waals surface area contributed by atoms with Crippen LogP contribution in [0.3, 0.4) is 0 Å². The van der Waals surface area contributed by atoms with E-state index in [2.05, 4.69) is 5.32 Å². The summed E-state index contributed by atoms with van der Waals surface area (Å²) in [5.74, 6) is 0.283. The molecular formula is C13H19FN2OS. The maximum Gasteiger partial charge on any atom is 0.237 e. The van der Waals surface area contributed by atoms with E-state index in [0.29, 0.717) is 12.0 Å². The quantitative estimate of drug-likeness (QED) is 0.832. The zero-order valence-electron chi connectivity index (χ0n) is 10.7. The van der Waals surface area contributed by atoms with E-state index in [4.69, 9.17) is 5.73 Å². The highest BCUT2D eigenvalue weighted by molar-refractivity contribution is 7.98. The number of halogens is 1. The van der Waals surface area contributed by atoms with E-state index in [0.717, 1.165) is 5.75 Å². The van der Waals surface area contributed by atoms with Crippen LogP contribution < -0.4 is 11.1 Å². The molecule has 1 aromatic rings. The third-order valence-electron chi connectivity index (χ3n) is 2.70. The first-order valence-corrected chi connectivity index (χ1v) is 7.25. The second kappa shape index (κ2) is 7.38. The van der Waals surface area contributed by atoms with Crippen LogP contribution >= 0.6 is 11.8 Å². The van der Waals surface area contributed by atoms with Crippen LogP contribution in [-0.4, -0.2) is 24.0 Å². The molecule has 2 atom stereocenters. The Kier molecular flexibility index (Phi) is 6.15. The molecule has 0 saturated heterocycles. The zero-order chi connectivity index (χ0) is 13.5. The first-order valence-electron chi connectivity index (χ1n) is 5.85. The van der Waals surface area contributed by atoms with Crippen LogP contribution in [0.1, 0.15) is 24.9 Å². The van der Waals surface area contributed by atoms with Gasteiger partial charge in [-0.05, 0) is 31.4 Å². The number of nitrogens with two attached hydrogens (primary N) is 1. The third-order valence-corrected chi connectivity index (χ3v) is 3.34. The normalized spacial score (nSPS) is 14.0. The van der Waals surface area contributed by atoms with Gasteiger partial charge in [0.05, 0.1) is 12.1 Å². The number of carbonyl (C=O) groups excluding carboxylic acids is 1. The van der Waals surface area contributed by atoms with Crippen molar-refractivity contribution >= 4 is 17.7 Å². The van der Waals surface area contributed by atoms with Gasteiger partial charge >= 0.3 is 0 Å². The van der Waals surface area contributed by atoms with E-state index in [1.54, 1.807) is 36.9 Å². The van der Waals surface area contributed by atoms with E-state index in [1.807, 2.05) is 6.26 Å². The van der Waals surface area contributed by atoms with Crippen molar-refractivity contribution in [1.82, 2.24) is 5.32 Å². The van der Waals surface area contributed by atoms with Gasteiger partial charge in [-0.25, -0.2) is 4.39 Å². The van der Waals surface area contributed by atoms with E-state index in [9.17, 15) is 9.18 Å². The van der Waals surface area contributed by atoms with Crippen molar-refractivity contribution in [3.05, 3.63) is 35.6 Å². The predicted molar refractivity (Wildman–Crippen MR) is 73.9 cm³/mol. The minimum Gasteiger partial charge on any atom is -0.348 e. The van der Waals surface area contributed by atoms with Gasteiger partial charge in [0.25, 0.3) is 0 Å². The Morgan fingerprint density at radius 3 is 2.78 bits per heavy atom. The number of hydrogen-bond donors (Lipinski definition) is 2. The van der Waals surface area contributed by atoms with Crippen LogP contribution in [0.4, 0.5) is 4.39 Å². The van der Waals surface area contributed by atoms with Crippen molar-refractivity contribution in [3.8, 4) is 0 Å². The summed E-state index contributed by atoms with van der Waals surface area (Å²) in [6, 6.07) is 5.50. The average molecular weight is 270 g/mol. The second-order valence-electron chi connectivity index (χ2n) is 4.14. The van der Waals surface area contributed by atoms with Crippen LogP contribution in [0.15, 0.2) is 24.3 Å². The number of amides is 1. The molecule has 1 aromatic carbocycles. The highest BCUT2D eigenvalue weighted by Gasteiger charge is 2.17. The standard InChI is InChI=1S/C13H19FN2OS/c1-9(10-5-3-4-6-11(10)14)16-13(17)12(15)7-8-18-2/h3-6,9,12H,7-8,15H2,1-2H3,(H,16,17)/t9?,12-/m0/s1. The summed E-state index contributed by atoms with van der Waals surface area (Å²) >= 11 is 1.65. The fourth-order valence-electron chi connectivity index (χ4n) is 1.60. The summed E-state index contributed by atoms with van der Waals surface area (Å²) in [5.41, 5.74) is 6.22. The first kappa shape index (κ1) is 15.0. The smallest absolute Gasteiger partial charge is 0.237 e. The summed E-state index contributed by atoms with van der Waals surface area (Å²) in [6.07, 6.45) is 2.59. The molecule has 100 valence electrons. The first-order chi connectivity index (χ1) is 8.56. The number of carbonyl (C=O) groups is 1. The van der Waals surface area contributed by atoms with Crippen LogP contribution in [0.2, 0.25) is 0 Å². The SMILES string of the molecule is CSCC[C@H](N)C(=O)NC(C)c1ccccc1F. The minimum absolute atomic E-state index is 0.236. The lowest BCUT2D eigenvalue weighted by atomic mass is 10.1. The van der Waals surface area contributed by atoms with Crippen LogP contribution in [-0.2, 0) is 4.79 Å². The third kappa shape index (κ3) is 4.31. The van der Waals surface area contributed by atoms with Crippen molar-refractivity contribution in [3.63, 3.8) is 0 Å². The minimum atomic E-state index is -0.535. The molecule has 0 aromatic heterocycles. The Bertz CT molecular complexity index is 400. The van der Waals surface area contributed by atoms with Crippen molar-refractivity contribution in [1.29, 1.82) is 0 Å². The highest BCUT2D eigenvalue weighted by Crippen LogP contribution is 2.16. The Balaban J connectivity index is 2.57. The topological polar surface area (TPSA) is 55.1 Å². The molecule has 0 radical (unpaired) electrons. The summed E-state index contributed by atoms with van der Waals surface area (Å²) in [6.45, 7) is 1.75. The van der Waals surface area contributed by atoms with Gasteiger partial charge < -0.3 is 11.1 Å². The highest BCUT2D eigenvalue weighted by atomic mass is 32.2. The van der Waals surface area contributed by atoms with Gasteiger partial charge in [-0.2, -0.15) is 11.8 Å². The maximum absolute atomic E-state index is 13.5. The van der Waals surface area contributed by atoms with Gasteiger partial charge in [-0.1, -0.05) is 18.2 Å². The Labute approximate surface area is 111 Å². The van der Waals surface area contributed by atoms with Gasteiger partial charge in [-0.15, -0.1) is 0 Å². The molecule has 1 amide bonds. The van der Waals surface area contributed by atoms with Gasteiger partial charge in [0.1, 0.15) is 5.82 Å². The van der Waals surface area contributed by atoms with E-state index in [-0.39, 0.29) is 17.8 Å². The molecule has 0 aliphatic rings. The number of nitrogens with one attached hydrogen (secondary N) is 1. The molecule has 18 heavy (non-hydrogen) atoms. The lowest BCUT2D eigenvalue weighted by Crippen LogP contribution is -2.42. The van der Waals surface area contributed by atoms with Crippen LogP contribution in [0.25, 0.3) is 0 Å². The van der Waals surface area contributed by atoms with Crippen molar-refractivity contribution in [2.75, 3.05) is 12.0 Å². The second-order valence-corrected chi connectivity index (χ2v) is 5.13. The summed E-state index contributed by atoms with van der Waals surface area (Å²) < 4.78 is 13.5. The Morgan fingerprint density at radius 2 is 2.17 bits per heavy atom. The van der Waals surface area contributed by atoms with E-state index >= 15 is 0 Å². The average Bonchev–Trinajstić information content (AvgIpc) is 2.36. The van der Waals surface area contributed by atoms with Crippen molar-refractivity contribution in [2.45, 2.75) is 25.4 Å². The maximum atomic E-state index is 13.5. The molecule has 5 heteroatoms. The fraction of sp³-hybridized carbons (Fsp3) is 0.462. The molecule has 0 aliphatic heterocycles. The molecule has 3 N–H and O–H groups in total. The largest absolute Gasteiger partial charge is 0.348 e. The molecular weight excluding hydrogens is 251 g/mol. The molecule has 0 aliphatic carbocycles. The molecule has 1 unspecified atom stereocenters. The van der Waals surface area contributed by atoms with Crippen LogP contribution in [0.5, 0.6) is 0 Å². The molecule has 0 saturated carbocycles. The van der Waals surface area contributed by atoms with Gasteiger partial charge in [0.15, 0.2) is 0 Å². The number of benzene rings is 1. The zero-order valence-corrected chi connectivity index (χ0v) is 11.5.